The van der Waals surface area contributed by atoms with Crippen LogP contribution in [0.2, 0.25) is 0 Å². The van der Waals surface area contributed by atoms with Crippen LogP contribution < -0.4 is 16.2 Å². The average molecular weight is 435 g/mol. The Balaban J connectivity index is 1.45. The summed E-state index contributed by atoms with van der Waals surface area (Å²) in [6, 6.07) is 12.1. The molecule has 0 aliphatic heterocycles. The van der Waals surface area contributed by atoms with Gasteiger partial charge in [-0.1, -0.05) is 24.3 Å². The standard InChI is InChI=1S/C26H30N2O4/c1-2-3-18-4-9-20(10-5-18)26(30)32-23-13-6-19(7-14-23)8-15-25(29)31-17-21-11-12-22(27)16-24(21)28/h2,6-8,11-16,18,20H,1,3-5,9-10,17,27-28H2. The summed E-state index contributed by atoms with van der Waals surface area (Å²) in [5.41, 5.74) is 14.0. The molecule has 6 heteroatoms. The SMILES string of the molecule is C=CCC1CCC(C(=O)Oc2ccc(C=CC(=O)OCc3ccc(N)cc3N)cc2)CC1. The van der Waals surface area contributed by atoms with Gasteiger partial charge >= 0.3 is 11.9 Å². The number of ether oxygens (including phenoxy) is 2. The Hall–Kier alpha value is -3.54. The van der Waals surface area contributed by atoms with Crippen molar-refractivity contribution in [3.63, 3.8) is 0 Å². The third-order valence-corrected chi connectivity index (χ3v) is 5.73. The Morgan fingerprint density at radius 2 is 1.75 bits per heavy atom. The zero-order valence-corrected chi connectivity index (χ0v) is 18.2. The van der Waals surface area contributed by atoms with Gasteiger partial charge in [0.1, 0.15) is 12.4 Å². The molecule has 0 radical (unpaired) electrons. The first kappa shape index (κ1) is 23.1. The highest BCUT2D eigenvalue weighted by Crippen LogP contribution is 2.32. The molecule has 1 fully saturated rings. The second kappa shape index (κ2) is 11.2. The minimum absolute atomic E-state index is 0.0412. The van der Waals surface area contributed by atoms with Crippen LogP contribution in [0.4, 0.5) is 11.4 Å². The topological polar surface area (TPSA) is 105 Å². The zero-order chi connectivity index (χ0) is 22.9. The van der Waals surface area contributed by atoms with Crippen molar-refractivity contribution in [2.75, 3.05) is 11.5 Å². The Labute approximate surface area is 188 Å². The van der Waals surface area contributed by atoms with Gasteiger partial charge in [0.2, 0.25) is 0 Å². The van der Waals surface area contributed by atoms with Gasteiger partial charge in [0, 0.05) is 23.0 Å². The Bertz CT molecular complexity index is 974. The first-order valence-corrected chi connectivity index (χ1v) is 10.9. The number of carbonyl (C=O) groups excluding carboxylic acids is 2. The van der Waals surface area contributed by atoms with E-state index in [1.54, 1.807) is 48.5 Å². The number of anilines is 2. The van der Waals surface area contributed by atoms with Crippen molar-refractivity contribution in [3.05, 3.63) is 72.3 Å². The molecule has 168 valence electrons. The lowest BCUT2D eigenvalue weighted by molar-refractivity contribution is -0.140. The van der Waals surface area contributed by atoms with E-state index in [-0.39, 0.29) is 18.5 Å². The summed E-state index contributed by atoms with van der Waals surface area (Å²) in [6.07, 6.45) is 9.75. The van der Waals surface area contributed by atoms with E-state index in [1.165, 1.54) is 6.08 Å². The summed E-state index contributed by atoms with van der Waals surface area (Å²) in [4.78, 5) is 24.4. The fourth-order valence-electron chi connectivity index (χ4n) is 3.82. The van der Waals surface area contributed by atoms with Crippen molar-refractivity contribution < 1.29 is 19.1 Å². The smallest absolute Gasteiger partial charge is 0.331 e. The Morgan fingerprint density at radius 3 is 2.41 bits per heavy atom. The fraction of sp³-hybridized carbons (Fsp3) is 0.308. The van der Waals surface area contributed by atoms with E-state index in [0.717, 1.165) is 37.7 Å². The first-order chi connectivity index (χ1) is 15.4. The molecular weight excluding hydrogens is 404 g/mol. The fourth-order valence-corrected chi connectivity index (χ4v) is 3.82. The largest absolute Gasteiger partial charge is 0.458 e. The molecule has 1 aliphatic rings. The van der Waals surface area contributed by atoms with E-state index in [1.807, 2.05) is 6.08 Å². The summed E-state index contributed by atoms with van der Waals surface area (Å²) in [5, 5.41) is 0. The minimum atomic E-state index is -0.483. The molecule has 6 nitrogen and oxygen atoms in total. The summed E-state index contributed by atoms with van der Waals surface area (Å²) < 4.78 is 10.8. The van der Waals surface area contributed by atoms with Crippen LogP contribution in [-0.4, -0.2) is 11.9 Å². The predicted octanol–water partition coefficient (Wildman–Crippen LogP) is 4.90. The van der Waals surface area contributed by atoms with Crippen LogP contribution in [0.1, 0.15) is 43.2 Å². The molecule has 0 heterocycles. The number of nitrogen functional groups attached to an aromatic ring is 2. The zero-order valence-electron chi connectivity index (χ0n) is 18.2. The molecule has 0 atom stereocenters. The lowest BCUT2D eigenvalue weighted by Crippen LogP contribution is -2.25. The minimum Gasteiger partial charge on any atom is -0.458 e. The summed E-state index contributed by atoms with van der Waals surface area (Å²) in [5.74, 6) is 0.445. The third-order valence-electron chi connectivity index (χ3n) is 5.73. The third kappa shape index (κ3) is 6.74. The molecule has 3 rings (SSSR count). The van der Waals surface area contributed by atoms with Gasteiger partial charge in [-0.05, 0) is 73.9 Å². The highest BCUT2D eigenvalue weighted by Gasteiger charge is 2.27. The summed E-state index contributed by atoms with van der Waals surface area (Å²) in [6.45, 7) is 3.86. The van der Waals surface area contributed by atoms with Crippen LogP contribution in [-0.2, 0) is 20.9 Å². The molecule has 2 aromatic carbocycles. The van der Waals surface area contributed by atoms with E-state index in [9.17, 15) is 9.59 Å². The molecule has 0 saturated heterocycles. The van der Waals surface area contributed by atoms with E-state index in [4.69, 9.17) is 20.9 Å². The molecular formula is C26H30N2O4. The quantitative estimate of drug-likeness (QED) is 0.201. The van der Waals surface area contributed by atoms with E-state index >= 15 is 0 Å². The lowest BCUT2D eigenvalue weighted by Gasteiger charge is -2.26. The number of nitrogens with two attached hydrogens (primary N) is 2. The molecule has 32 heavy (non-hydrogen) atoms. The molecule has 0 bridgehead atoms. The molecule has 0 aromatic heterocycles. The van der Waals surface area contributed by atoms with Gasteiger partial charge in [0.05, 0.1) is 5.92 Å². The molecule has 0 unspecified atom stereocenters. The van der Waals surface area contributed by atoms with Crippen molar-refractivity contribution in [1.82, 2.24) is 0 Å². The maximum absolute atomic E-state index is 12.4. The molecule has 1 aliphatic carbocycles. The highest BCUT2D eigenvalue weighted by atomic mass is 16.5. The molecule has 4 N–H and O–H groups in total. The number of benzene rings is 2. The van der Waals surface area contributed by atoms with Crippen LogP contribution in [0.3, 0.4) is 0 Å². The monoisotopic (exact) mass is 434 g/mol. The molecule has 0 amide bonds. The van der Waals surface area contributed by atoms with Gasteiger partial charge in [-0.3, -0.25) is 4.79 Å². The van der Waals surface area contributed by atoms with Crippen molar-refractivity contribution in [2.24, 2.45) is 11.8 Å². The summed E-state index contributed by atoms with van der Waals surface area (Å²) in [7, 11) is 0. The Kier molecular flexibility index (Phi) is 8.08. The highest BCUT2D eigenvalue weighted by molar-refractivity contribution is 5.87. The van der Waals surface area contributed by atoms with Crippen molar-refractivity contribution >= 4 is 29.4 Å². The maximum Gasteiger partial charge on any atom is 0.331 e. The van der Waals surface area contributed by atoms with Crippen molar-refractivity contribution in [2.45, 2.75) is 38.7 Å². The average Bonchev–Trinajstić information content (AvgIpc) is 2.78. The molecule has 1 saturated carbocycles. The van der Waals surface area contributed by atoms with Gasteiger partial charge < -0.3 is 20.9 Å². The van der Waals surface area contributed by atoms with Crippen LogP contribution in [0.25, 0.3) is 6.08 Å². The maximum atomic E-state index is 12.4. The number of rotatable bonds is 8. The predicted molar refractivity (Wildman–Crippen MR) is 126 cm³/mol. The van der Waals surface area contributed by atoms with E-state index in [0.29, 0.717) is 28.6 Å². The summed E-state index contributed by atoms with van der Waals surface area (Å²) >= 11 is 0. The van der Waals surface area contributed by atoms with Gasteiger partial charge in [0.25, 0.3) is 0 Å². The number of esters is 2. The van der Waals surface area contributed by atoms with Crippen LogP contribution >= 0.6 is 0 Å². The number of carbonyl (C=O) groups is 2. The second-order valence-electron chi connectivity index (χ2n) is 8.13. The number of hydrogen-bond donors (Lipinski definition) is 2. The molecule has 0 spiro atoms. The van der Waals surface area contributed by atoms with Crippen LogP contribution in [0.15, 0.2) is 61.2 Å². The van der Waals surface area contributed by atoms with E-state index < -0.39 is 5.97 Å². The van der Waals surface area contributed by atoms with Crippen LogP contribution in [0, 0.1) is 11.8 Å². The Morgan fingerprint density at radius 1 is 1.03 bits per heavy atom. The lowest BCUT2D eigenvalue weighted by atomic mass is 9.80. The van der Waals surface area contributed by atoms with Gasteiger partial charge in [-0.15, -0.1) is 6.58 Å². The van der Waals surface area contributed by atoms with Gasteiger partial charge in [0.15, 0.2) is 0 Å². The van der Waals surface area contributed by atoms with Crippen molar-refractivity contribution in [1.29, 1.82) is 0 Å². The van der Waals surface area contributed by atoms with Gasteiger partial charge in [-0.2, -0.15) is 0 Å². The van der Waals surface area contributed by atoms with Crippen LogP contribution in [0.5, 0.6) is 5.75 Å². The second-order valence-corrected chi connectivity index (χ2v) is 8.13. The van der Waals surface area contributed by atoms with Crippen molar-refractivity contribution in [3.8, 4) is 5.75 Å². The number of allylic oxidation sites excluding steroid dienone is 1. The normalized spacial score (nSPS) is 18.2. The van der Waals surface area contributed by atoms with E-state index in [2.05, 4.69) is 6.58 Å². The first-order valence-electron chi connectivity index (χ1n) is 10.9. The van der Waals surface area contributed by atoms with Gasteiger partial charge in [-0.25, -0.2) is 4.79 Å². The number of hydrogen-bond acceptors (Lipinski definition) is 6. The molecule has 2 aromatic rings.